The number of carbonyl (C=O) groups is 2. The van der Waals surface area contributed by atoms with E-state index in [9.17, 15) is 9.59 Å². The van der Waals surface area contributed by atoms with E-state index in [1.54, 1.807) is 12.0 Å². The molecule has 0 aliphatic carbocycles. The molecule has 0 atom stereocenters. The van der Waals surface area contributed by atoms with Crippen molar-refractivity contribution < 1.29 is 14.3 Å². The summed E-state index contributed by atoms with van der Waals surface area (Å²) in [6.07, 6.45) is 0.907. The van der Waals surface area contributed by atoms with Crippen LogP contribution in [0.1, 0.15) is 11.3 Å². The minimum Gasteiger partial charge on any atom is -0.496 e. The maximum Gasteiger partial charge on any atom is 0.323 e. The van der Waals surface area contributed by atoms with E-state index in [0.717, 1.165) is 11.3 Å². The van der Waals surface area contributed by atoms with Crippen molar-refractivity contribution in [3.63, 3.8) is 0 Å². The highest BCUT2D eigenvalue weighted by atomic mass is 32.1. The number of urea groups is 1. The van der Waals surface area contributed by atoms with E-state index in [2.05, 4.69) is 15.6 Å². The van der Waals surface area contributed by atoms with Crippen LogP contribution < -0.4 is 20.3 Å². The molecule has 1 aromatic heterocycles. The second-order valence-electron chi connectivity index (χ2n) is 5.59. The molecule has 0 bridgehead atoms. The van der Waals surface area contributed by atoms with Crippen molar-refractivity contribution in [1.29, 1.82) is 0 Å². The fourth-order valence-electron chi connectivity index (χ4n) is 2.63. The Morgan fingerprint density at radius 3 is 3.04 bits per heavy atom. The van der Waals surface area contributed by atoms with Crippen LogP contribution in [0.5, 0.6) is 5.75 Å². The summed E-state index contributed by atoms with van der Waals surface area (Å²) in [4.78, 5) is 29.7. The Morgan fingerprint density at radius 2 is 2.28 bits per heavy atom. The summed E-state index contributed by atoms with van der Waals surface area (Å²) in [6, 6.07) is 7.62. The number of benzene rings is 1. The van der Waals surface area contributed by atoms with Crippen LogP contribution in [-0.4, -0.2) is 43.7 Å². The van der Waals surface area contributed by atoms with Crippen LogP contribution in [0.3, 0.4) is 0 Å². The van der Waals surface area contributed by atoms with Gasteiger partial charge in [-0.05, 0) is 18.1 Å². The first-order chi connectivity index (χ1) is 12.2. The Labute approximate surface area is 150 Å². The molecule has 8 heteroatoms. The van der Waals surface area contributed by atoms with Crippen LogP contribution in [0.4, 0.5) is 9.93 Å². The van der Waals surface area contributed by atoms with E-state index in [0.29, 0.717) is 36.9 Å². The van der Waals surface area contributed by atoms with Gasteiger partial charge in [0.1, 0.15) is 5.75 Å². The van der Waals surface area contributed by atoms with Crippen molar-refractivity contribution in [1.82, 2.24) is 15.6 Å². The first-order valence-corrected chi connectivity index (χ1v) is 8.93. The highest BCUT2D eigenvalue weighted by Gasteiger charge is 2.24. The fraction of sp³-hybridized carbons (Fsp3) is 0.353. The van der Waals surface area contributed by atoms with Crippen molar-refractivity contribution >= 4 is 28.4 Å². The summed E-state index contributed by atoms with van der Waals surface area (Å²) in [5, 5.41) is 8.08. The third-order valence-electron chi connectivity index (χ3n) is 3.88. The van der Waals surface area contributed by atoms with E-state index < -0.39 is 0 Å². The number of amides is 3. The van der Waals surface area contributed by atoms with Crippen molar-refractivity contribution in [3.8, 4) is 5.75 Å². The molecule has 25 heavy (non-hydrogen) atoms. The fourth-order valence-corrected chi connectivity index (χ4v) is 3.48. The van der Waals surface area contributed by atoms with Crippen LogP contribution in [0.15, 0.2) is 29.6 Å². The van der Waals surface area contributed by atoms with Gasteiger partial charge in [0.15, 0.2) is 5.13 Å². The normalized spacial score (nSPS) is 13.6. The Bertz CT molecular complexity index is 762. The lowest BCUT2D eigenvalue weighted by molar-refractivity contribution is -0.120. The number of hydrogen-bond acceptors (Lipinski definition) is 5. The monoisotopic (exact) mass is 360 g/mol. The number of anilines is 1. The molecule has 2 heterocycles. The standard InChI is InChI=1S/C17H20N4O3S/c1-24-14-5-3-2-4-12(14)6-7-18-15(22)10-13-11-25-17(20-13)21-9-8-19-16(21)23/h2-5,11H,6-10H2,1H3,(H,18,22)(H,19,23). The third kappa shape index (κ3) is 4.27. The Kier molecular flexibility index (Phi) is 5.49. The summed E-state index contributed by atoms with van der Waals surface area (Å²) in [6.45, 7) is 1.76. The first kappa shape index (κ1) is 17.2. The summed E-state index contributed by atoms with van der Waals surface area (Å²) >= 11 is 1.38. The summed E-state index contributed by atoms with van der Waals surface area (Å²) in [7, 11) is 1.64. The molecular formula is C17H20N4O3S. The van der Waals surface area contributed by atoms with Crippen LogP contribution >= 0.6 is 11.3 Å². The van der Waals surface area contributed by atoms with Gasteiger partial charge in [-0.2, -0.15) is 0 Å². The number of aromatic nitrogens is 1. The van der Waals surface area contributed by atoms with Gasteiger partial charge >= 0.3 is 6.03 Å². The number of thiazole rings is 1. The Balaban J connectivity index is 1.48. The zero-order valence-corrected chi connectivity index (χ0v) is 14.8. The number of methoxy groups -OCH3 is 1. The lowest BCUT2D eigenvalue weighted by Gasteiger charge is -2.09. The maximum absolute atomic E-state index is 12.1. The third-order valence-corrected chi connectivity index (χ3v) is 4.79. The zero-order chi connectivity index (χ0) is 17.6. The lowest BCUT2D eigenvalue weighted by Crippen LogP contribution is -2.28. The smallest absolute Gasteiger partial charge is 0.323 e. The summed E-state index contributed by atoms with van der Waals surface area (Å²) in [5.41, 5.74) is 1.73. The molecule has 1 aliphatic rings. The van der Waals surface area contributed by atoms with Gasteiger partial charge in [-0.3, -0.25) is 9.69 Å². The van der Waals surface area contributed by atoms with Gasteiger partial charge in [-0.15, -0.1) is 11.3 Å². The van der Waals surface area contributed by atoms with Crippen LogP contribution in [0.2, 0.25) is 0 Å². The molecule has 0 saturated carbocycles. The van der Waals surface area contributed by atoms with E-state index in [4.69, 9.17) is 4.74 Å². The number of nitrogens with one attached hydrogen (secondary N) is 2. The molecule has 0 spiro atoms. The highest BCUT2D eigenvalue weighted by molar-refractivity contribution is 7.14. The van der Waals surface area contributed by atoms with E-state index in [1.807, 2.05) is 29.6 Å². The summed E-state index contributed by atoms with van der Waals surface area (Å²) in [5.74, 6) is 0.738. The van der Waals surface area contributed by atoms with E-state index in [-0.39, 0.29) is 18.4 Å². The minimum absolute atomic E-state index is 0.0855. The molecule has 3 rings (SSSR count). The van der Waals surface area contributed by atoms with Gasteiger partial charge in [0, 0.05) is 25.0 Å². The molecule has 0 unspecified atom stereocenters. The molecule has 1 saturated heterocycles. The second kappa shape index (κ2) is 7.98. The van der Waals surface area contributed by atoms with Gasteiger partial charge in [-0.25, -0.2) is 9.78 Å². The van der Waals surface area contributed by atoms with Crippen LogP contribution in [-0.2, 0) is 17.6 Å². The molecular weight excluding hydrogens is 340 g/mol. The Morgan fingerprint density at radius 1 is 1.44 bits per heavy atom. The second-order valence-corrected chi connectivity index (χ2v) is 6.43. The lowest BCUT2D eigenvalue weighted by atomic mass is 10.1. The molecule has 1 fully saturated rings. The molecule has 1 aromatic carbocycles. The van der Waals surface area contributed by atoms with Crippen LogP contribution in [0.25, 0.3) is 0 Å². The van der Waals surface area contributed by atoms with Crippen LogP contribution in [0, 0.1) is 0 Å². The molecule has 3 amide bonds. The van der Waals surface area contributed by atoms with Crippen molar-refractivity contribution in [2.45, 2.75) is 12.8 Å². The highest BCUT2D eigenvalue weighted by Crippen LogP contribution is 2.22. The first-order valence-electron chi connectivity index (χ1n) is 8.05. The number of rotatable bonds is 7. The number of carbonyl (C=O) groups excluding carboxylic acids is 2. The molecule has 132 valence electrons. The molecule has 1 aliphatic heterocycles. The van der Waals surface area contributed by atoms with Gasteiger partial charge < -0.3 is 15.4 Å². The van der Waals surface area contributed by atoms with E-state index >= 15 is 0 Å². The number of ether oxygens (including phenoxy) is 1. The molecule has 0 radical (unpaired) electrons. The largest absolute Gasteiger partial charge is 0.496 e. The quantitative estimate of drug-likeness (QED) is 0.785. The van der Waals surface area contributed by atoms with Gasteiger partial charge in [0.05, 0.1) is 19.2 Å². The topological polar surface area (TPSA) is 83.6 Å². The number of nitrogens with zero attached hydrogens (tertiary/aromatic N) is 2. The van der Waals surface area contributed by atoms with Crippen molar-refractivity contribution in [3.05, 3.63) is 40.9 Å². The van der Waals surface area contributed by atoms with E-state index in [1.165, 1.54) is 11.3 Å². The summed E-state index contributed by atoms with van der Waals surface area (Å²) < 4.78 is 5.30. The van der Waals surface area contributed by atoms with Crippen molar-refractivity contribution in [2.75, 3.05) is 31.6 Å². The van der Waals surface area contributed by atoms with Crippen molar-refractivity contribution in [2.24, 2.45) is 0 Å². The number of para-hydroxylation sites is 1. The molecule has 2 N–H and O–H groups in total. The SMILES string of the molecule is COc1ccccc1CCNC(=O)Cc1csc(N2CCNC2=O)n1. The number of hydrogen-bond donors (Lipinski definition) is 2. The van der Waals surface area contributed by atoms with Gasteiger partial charge in [0.25, 0.3) is 0 Å². The average molecular weight is 360 g/mol. The molecule has 7 nitrogen and oxygen atoms in total. The average Bonchev–Trinajstić information content (AvgIpc) is 3.24. The van der Waals surface area contributed by atoms with Gasteiger partial charge in [-0.1, -0.05) is 18.2 Å². The predicted molar refractivity (Wildman–Crippen MR) is 96.3 cm³/mol. The van der Waals surface area contributed by atoms with Gasteiger partial charge in [0.2, 0.25) is 5.91 Å². The Hall–Kier alpha value is -2.61. The molecule has 2 aromatic rings. The predicted octanol–water partition coefficient (Wildman–Crippen LogP) is 1.58. The maximum atomic E-state index is 12.1. The zero-order valence-electron chi connectivity index (χ0n) is 13.9. The minimum atomic E-state index is -0.137.